The highest BCUT2D eigenvalue weighted by atomic mass is 35.5. The molecule has 8 heterocycles. The fourth-order valence-electron chi connectivity index (χ4n) is 16.9. The number of carbonyl (C=O) groups is 9. The summed E-state index contributed by atoms with van der Waals surface area (Å²) in [5.74, 6) is -17.2. The zero-order valence-electron chi connectivity index (χ0n) is 73.9. The summed E-state index contributed by atoms with van der Waals surface area (Å²) in [5, 5.41) is 152. The van der Waals surface area contributed by atoms with Crippen molar-refractivity contribution in [2.45, 2.75) is 207 Å². The summed E-state index contributed by atoms with van der Waals surface area (Å²) in [7, 11) is 2.40. The number of aromatic hydroxyl groups is 4. The number of nitrogens with one attached hydrogen (secondary N) is 9. The van der Waals surface area contributed by atoms with E-state index in [2.05, 4.69) is 59.7 Å². The number of ether oxygens (including phenoxy) is 8. The van der Waals surface area contributed by atoms with Crippen molar-refractivity contribution in [1.29, 1.82) is 0 Å². The van der Waals surface area contributed by atoms with Crippen LogP contribution in [0, 0.1) is 0 Å². The smallest absolute Gasteiger partial charge is 0.337 e. The molecule has 726 valence electrons. The van der Waals surface area contributed by atoms with Gasteiger partial charge in [-0.15, -0.1) is 0 Å². The molecule has 2 saturated heterocycles. The predicted octanol–water partition coefficient (Wildman–Crippen LogP) is 3.84. The zero-order valence-corrected chi connectivity index (χ0v) is 75.4. The number of carbonyl (C=O) groups excluding carboxylic acids is 9. The Morgan fingerprint density at radius 2 is 1.17 bits per heavy atom. The molecule has 15 rings (SSSR count). The van der Waals surface area contributed by atoms with E-state index in [0.29, 0.717) is 64.0 Å². The lowest BCUT2D eigenvalue weighted by atomic mass is 9.89. The summed E-state index contributed by atoms with van der Waals surface area (Å²) in [6.45, 7) is 3.25. The average molecular weight is 1920 g/mol. The second-order valence-corrected chi connectivity index (χ2v) is 34.5. The van der Waals surface area contributed by atoms with E-state index >= 15 is 28.8 Å². The molecule has 42 heteroatoms. The number of halogens is 2. The van der Waals surface area contributed by atoms with Crippen LogP contribution in [0.3, 0.4) is 0 Å². The normalized spacial score (nSPS) is 25.1. The van der Waals surface area contributed by atoms with E-state index in [1.807, 2.05) is 0 Å². The lowest BCUT2D eigenvalue weighted by molar-refractivity contribution is -0.277. The number of nitrogens with two attached hydrogens (primary N) is 2. The van der Waals surface area contributed by atoms with E-state index < -0.39 is 271 Å². The number of rotatable bonds is 29. The molecular formula is C93H112Cl2N12O28. The minimum atomic E-state index is -2.45. The number of likely N-dealkylation sites (N-methyl/N-ethyl adjacent to an activating group) is 1. The molecule has 40 nitrogen and oxygen atoms in total. The second kappa shape index (κ2) is 45.6. The third-order valence-corrected chi connectivity index (χ3v) is 24.9. The first-order chi connectivity index (χ1) is 64.8. The van der Waals surface area contributed by atoms with Crippen LogP contribution in [-0.4, -0.2) is 248 Å². The van der Waals surface area contributed by atoms with Gasteiger partial charge >= 0.3 is 5.97 Å². The van der Waals surface area contributed by atoms with Gasteiger partial charge in [-0.2, -0.15) is 0 Å². The number of benzene rings is 7. The molecule has 0 unspecified atom stereocenters. The summed E-state index contributed by atoms with van der Waals surface area (Å²) in [4.78, 5) is 142. The van der Waals surface area contributed by atoms with Crippen LogP contribution < -0.4 is 83.0 Å². The standard InChI is InChI=1S/C93H112Cl2N12O28/c1-4-5-6-7-8-9-10-11-12-16-66(113)101-75-78(116)80(118)83(91(127)128-3)135-92(75)134-82-63-37-48-38-64(82)131-60-26-21-47(35-55(60)94)76(114)74-90(126)105-72(85(121)99-29-15-32-107(30-13-27-96)31-14-28-97)53-39-49(109)40-62(132-93-81(119)79(117)77(115)65(43-108)133-93)67(53)52-34-45(19-24-57(52)110)70(87(123)106-74)102-88(124)71(48)103-89(125)73-54-41-51(42-59(112)68(54)95)130-61-36-46(20-25-58(61)111)69(98-2)86(122)100-56(84(120)104-73)33-44-17-22-50(129-63)23-18-44/h17-26,34-42,56,65,69-81,83,92-93,98,108-112,114-119H,4-16,27-33,43,96-97H2,1-3H3,(H,99,121)(H,100,122)(H,101,113)(H,102,124)(H,103,125)(H,104,120)(H,105,126)(H,106,123)/t56-,65-,69+,70-,71-,72+,73+,74+,75-,76-,77-,78-,79+,80+,81+,83+,92-,93+/m1/s1. The van der Waals surface area contributed by atoms with E-state index in [1.54, 1.807) is 0 Å². The number of fused-ring (bicyclic) bond motifs is 14. The highest BCUT2D eigenvalue weighted by Crippen LogP contribution is 2.51. The maximum atomic E-state index is 17.0. The SMILES string of the molecule is CCCCCCCCCCCC(=O)N[C@H]1[C@H](Oc2c3cc4cc2Oc2ccc(cc2Cl)[C@@H](O)[C@@H]2NC(=O)[C@H](NC(=O)[C@@H]4NC(=O)[C@H]4NC(=O)[C@@H](Cc5ccc(cc5)O3)NC(=O)[C@@H](NC)c3ccc(O)c(c3)Oc3cc(O)c(Cl)c4c3)c3ccc(O)c(c3)-c3c(O[C@H]4O[C@H](CO)[C@@H](O)[C@H](O)[C@@H]4O)cc(O)cc3[C@@H](C(=O)NCCCN(CCCN)CCCN)NC2=O)O[C@H](C(=O)OC)[C@@H](O)[C@@H]1O. The number of amides is 8. The van der Waals surface area contributed by atoms with Gasteiger partial charge in [0.15, 0.2) is 29.1 Å². The van der Waals surface area contributed by atoms with E-state index in [-0.39, 0.29) is 47.8 Å². The lowest BCUT2D eigenvalue weighted by Gasteiger charge is -2.41. The van der Waals surface area contributed by atoms with Crippen molar-refractivity contribution in [3.05, 3.63) is 164 Å². The second-order valence-electron chi connectivity index (χ2n) is 33.7. The summed E-state index contributed by atoms with van der Waals surface area (Å²) < 4.78 is 50.1. The van der Waals surface area contributed by atoms with Gasteiger partial charge < -0.3 is 158 Å². The van der Waals surface area contributed by atoms with Crippen molar-refractivity contribution in [2.75, 3.05) is 60.0 Å². The number of phenols is 4. The third-order valence-electron chi connectivity index (χ3n) is 24.2. The number of hydrogen-bond donors (Lipinski definition) is 22. The van der Waals surface area contributed by atoms with Gasteiger partial charge in [-0.25, -0.2) is 4.79 Å². The molecular weight excluding hydrogens is 1800 g/mol. The Labute approximate surface area is 784 Å². The topological polar surface area (TPSA) is 614 Å². The monoisotopic (exact) mass is 1910 g/mol. The molecule has 8 aliphatic heterocycles. The third kappa shape index (κ3) is 23.6. The molecule has 0 aliphatic carbocycles. The van der Waals surface area contributed by atoms with Gasteiger partial charge in [0.25, 0.3) is 0 Å². The molecule has 7 aromatic rings. The van der Waals surface area contributed by atoms with Crippen LogP contribution in [0.2, 0.25) is 10.0 Å². The minimum absolute atomic E-state index is 0.122. The van der Waals surface area contributed by atoms with Gasteiger partial charge in [0.1, 0.15) is 131 Å². The highest BCUT2D eigenvalue weighted by molar-refractivity contribution is 6.33. The van der Waals surface area contributed by atoms with Crippen molar-refractivity contribution in [3.63, 3.8) is 0 Å². The fraction of sp³-hybridized carbons (Fsp3) is 0.452. The van der Waals surface area contributed by atoms with Crippen molar-refractivity contribution in [3.8, 4) is 80.1 Å². The number of methoxy groups -OCH3 is 1. The first-order valence-electron chi connectivity index (χ1n) is 44.6. The highest BCUT2D eigenvalue weighted by Gasteiger charge is 2.52. The quantitative estimate of drug-likeness (QED) is 0.0234. The van der Waals surface area contributed by atoms with Crippen LogP contribution >= 0.6 is 23.2 Å². The molecule has 17 bridgehead atoms. The van der Waals surface area contributed by atoms with Gasteiger partial charge in [-0.1, -0.05) is 112 Å². The number of hydrogen-bond acceptors (Lipinski definition) is 32. The number of phenolic OH excluding ortho intramolecular Hbond substituents is 4. The van der Waals surface area contributed by atoms with Gasteiger partial charge in [0.2, 0.25) is 65.6 Å². The Morgan fingerprint density at radius 3 is 1.85 bits per heavy atom. The molecule has 8 amide bonds. The fourth-order valence-corrected chi connectivity index (χ4v) is 17.4. The number of esters is 1. The zero-order chi connectivity index (χ0) is 96.7. The molecule has 135 heavy (non-hydrogen) atoms. The summed E-state index contributed by atoms with van der Waals surface area (Å²) in [6.07, 6.45) is -11.8. The number of aliphatic hydroxyl groups excluding tert-OH is 7. The van der Waals surface area contributed by atoms with Crippen LogP contribution in [0.1, 0.15) is 166 Å². The molecule has 8 aliphatic rings. The van der Waals surface area contributed by atoms with Gasteiger partial charge in [-0.05, 0) is 172 Å². The Bertz CT molecular complexity index is 5460. The first-order valence-corrected chi connectivity index (χ1v) is 45.3. The largest absolute Gasteiger partial charge is 0.508 e. The molecule has 24 N–H and O–H groups in total. The van der Waals surface area contributed by atoms with E-state index in [4.69, 9.17) is 72.6 Å². The Balaban J connectivity index is 1.03. The molecule has 0 aromatic heterocycles. The van der Waals surface area contributed by atoms with Crippen LogP contribution in [0.15, 0.2) is 115 Å². The van der Waals surface area contributed by atoms with Crippen LogP contribution in [0.5, 0.6) is 69.0 Å². The average Bonchev–Trinajstić information content (AvgIpc) is 0.757. The molecule has 7 aromatic carbocycles. The molecule has 0 radical (unpaired) electrons. The maximum Gasteiger partial charge on any atom is 0.337 e. The Hall–Kier alpha value is -12.0. The Morgan fingerprint density at radius 1 is 0.541 bits per heavy atom. The van der Waals surface area contributed by atoms with Crippen LogP contribution in [0.4, 0.5) is 0 Å². The molecule has 0 saturated carbocycles. The first kappa shape index (κ1) is 100. The summed E-state index contributed by atoms with van der Waals surface area (Å²) in [5.41, 5.74) is 9.13. The summed E-state index contributed by atoms with van der Waals surface area (Å²) in [6, 6.07) is 5.96. The predicted molar refractivity (Wildman–Crippen MR) is 482 cm³/mol. The van der Waals surface area contributed by atoms with Crippen molar-refractivity contribution in [1.82, 2.24) is 52.8 Å². The van der Waals surface area contributed by atoms with E-state index in [0.717, 1.165) is 119 Å². The van der Waals surface area contributed by atoms with Crippen molar-refractivity contribution in [2.24, 2.45) is 11.5 Å². The Kier molecular flexibility index (Phi) is 33.9. The summed E-state index contributed by atoms with van der Waals surface area (Å²) >= 11 is 14.4. The molecule has 18 atom stereocenters. The number of nitrogens with zero attached hydrogens (tertiary/aromatic N) is 1. The van der Waals surface area contributed by atoms with Crippen molar-refractivity contribution >= 4 is 76.4 Å². The van der Waals surface area contributed by atoms with Gasteiger partial charge in [0, 0.05) is 48.2 Å². The van der Waals surface area contributed by atoms with Gasteiger partial charge in [0.05, 0.1) is 23.8 Å². The van der Waals surface area contributed by atoms with E-state index in [1.165, 1.54) is 55.6 Å². The minimum Gasteiger partial charge on any atom is -0.508 e. The lowest BCUT2D eigenvalue weighted by Crippen LogP contribution is -2.66. The molecule has 0 spiro atoms. The number of unbranched alkanes of at least 4 members (excludes halogenated alkanes) is 8. The molecule has 2 fully saturated rings. The van der Waals surface area contributed by atoms with Gasteiger partial charge in [-0.3, -0.25) is 38.4 Å². The van der Waals surface area contributed by atoms with Crippen molar-refractivity contribution < 1.29 is 137 Å². The van der Waals surface area contributed by atoms with Crippen LogP contribution in [0.25, 0.3) is 11.1 Å². The maximum absolute atomic E-state index is 17.0. The van der Waals surface area contributed by atoms with E-state index in [9.17, 15) is 70.6 Å². The van der Waals surface area contributed by atoms with Crippen LogP contribution in [-0.2, 0) is 63.8 Å². The number of aliphatic hydroxyl groups is 7.